The fourth-order valence-corrected chi connectivity index (χ4v) is 3.94. The molecule has 1 fully saturated rings. The van der Waals surface area contributed by atoms with Crippen molar-refractivity contribution >= 4 is 11.6 Å². The van der Waals surface area contributed by atoms with E-state index in [4.69, 9.17) is 0 Å². The van der Waals surface area contributed by atoms with E-state index >= 15 is 0 Å². The Morgan fingerprint density at radius 3 is 2.77 bits per heavy atom. The molecule has 2 aliphatic rings. The van der Waals surface area contributed by atoms with E-state index in [0.29, 0.717) is 31.6 Å². The van der Waals surface area contributed by atoms with Gasteiger partial charge in [0, 0.05) is 25.8 Å². The maximum absolute atomic E-state index is 13.1. The Morgan fingerprint density at radius 1 is 1.23 bits per heavy atom. The molecule has 0 saturated carbocycles. The van der Waals surface area contributed by atoms with E-state index in [1.165, 1.54) is 5.56 Å². The summed E-state index contributed by atoms with van der Waals surface area (Å²) >= 11 is 0. The van der Waals surface area contributed by atoms with Crippen LogP contribution >= 0.6 is 0 Å². The van der Waals surface area contributed by atoms with Crippen LogP contribution in [-0.4, -0.2) is 40.5 Å². The first-order chi connectivity index (χ1) is 12.6. The number of hydrogen-bond acceptors (Lipinski definition) is 4. The van der Waals surface area contributed by atoms with Crippen LogP contribution < -0.4 is 5.32 Å². The number of likely N-dealkylation sites (tertiary alicyclic amines) is 1. The van der Waals surface area contributed by atoms with Crippen molar-refractivity contribution in [2.75, 3.05) is 25.0 Å². The molecule has 1 amide bonds. The molecule has 1 aromatic carbocycles. The van der Waals surface area contributed by atoms with Gasteiger partial charge in [-0.25, -0.2) is 0 Å². The van der Waals surface area contributed by atoms with Gasteiger partial charge in [0.1, 0.15) is 5.60 Å². The van der Waals surface area contributed by atoms with E-state index < -0.39 is 5.60 Å². The summed E-state index contributed by atoms with van der Waals surface area (Å²) in [5.74, 6) is 0.0511. The Morgan fingerprint density at radius 2 is 2.04 bits per heavy atom. The van der Waals surface area contributed by atoms with Gasteiger partial charge in [0.25, 0.3) is 5.91 Å². The van der Waals surface area contributed by atoms with E-state index in [0.717, 1.165) is 36.2 Å². The highest BCUT2D eigenvalue weighted by Gasteiger charge is 2.37. The summed E-state index contributed by atoms with van der Waals surface area (Å²) in [5.41, 5.74) is 3.80. The largest absolute Gasteiger partial charge is 0.384 e. The summed E-state index contributed by atoms with van der Waals surface area (Å²) in [7, 11) is 0. The van der Waals surface area contributed by atoms with Crippen LogP contribution in [0.2, 0.25) is 0 Å². The van der Waals surface area contributed by atoms with Gasteiger partial charge in [-0.05, 0) is 55.9 Å². The molecule has 0 atom stereocenters. The van der Waals surface area contributed by atoms with Gasteiger partial charge in [-0.15, -0.1) is 0 Å². The smallest absolute Gasteiger partial charge is 0.255 e. The van der Waals surface area contributed by atoms with Crippen molar-refractivity contribution in [2.45, 2.75) is 38.2 Å². The number of benzene rings is 1. The maximum Gasteiger partial charge on any atom is 0.255 e. The molecule has 0 spiro atoms. The van der Waals surface area contributed by atoms with Crippen LogP contribution in [0.15, 0.2) is 36.5 Å². The molecule has 5 heteroatoms. The highest BCUT2D eigenvalue weighted by molar-refractivity contribution is 6.00. The average molecular weight is 351 g/mol. The van der Waals surface area contributed by atoms with Crippen LogP contribution in [0.4, 0.5) is 5.69 Å². The number of hydrogen-bond donors (Lipinski definition) is 2. The van der Waals surface area contributed by atoms with Gasteiger partial charge >= 0.3 is 0 Å². The number of nitrogens with zero attached hydrogens (tertiary/aromatic N) is 2. The zero-order chi connectivity index (χ0) is 18.1. The zero-order valence-electron chi connectivity index (χ0n) is 15.2. The minimum atomic E-state index is -0.946. The van der Waals surface area contributed by atoms with E-state index in [9.17, 15) is 9.90 Å². The lowest BCUT2D eigenvalue weighted by Crippen LogP contribution is -2.45. The predicted octanol–water partition coefficient (Wildman–Crippen LogP) is 2.87. The summed E-state index contributed by atoms with van der Waals surface area (Å²) in [5, 5.41) is 14.4. The van der Waals surface area contributed by atoms with Crippen LogP contribution in [0.5, 0.6) is 0 Å². The number of aryl methyl sites for hydroxylation is 2. The van der Waals surface area contributed by atoms with Crippen LogP contribution in [0.25, 0.3) is 0 Å². The quantitative estimate of drug-likeness (QED) is 0.873. The molecule has 4 rings (SSSR count). The molecular weight excluding hydrogens is 326 g/mol. The minimum absolute atomic E-state index is 0.0511. The van der Waals surface area contributed by atoms with Crippen LogP contribution in [0.3, 0.4) is 0 Å². The summed E-state index contributed by atoms with van der Waals surface area (Å²) < 4.78 is 0. The molecule has 1 aromatic heterocycles. The third-order valence-electron chi connectivity index (χ3n) is 5.57. The third-order valence-corrected chi connectivity index (χ3v) is 5.57. The van der Waals surface area contributed by atoms with Gasteiger partial charge in [-0.3, -0.25) is 9.78 Å². The normalized spacial score (nSPS) is 18.8. The standard InChI is InChI=1S/C21H25N3O2/c1-15-7-8-18(23-14-15)21(26)9-12-24(13-10-21)20(25)17-6-2-4-16-5-3-11-22-19(16)17/h2,4,6-8,14,22,26H,3,5,9-13H2,1H3. The van der Waals surface area contributed by atoms with Crippen LogP contribution in [0.1, 0.15) is 46.4 Å². The van der Waals surface area contributed by atoms with Crippen LogP contribution in [0, 0.1) is 6.92 Å². The van der Waals surface area contributed by atoms with Crippen molar-refractivity contribution in [3.8, 4) is 0 Å². The Bertz CT molecular complexity index is 809. The first-order valence-corrected chi connectivity index (χ1v) is 9.37. The van der Waals surface area contributed by atoms with Gasteiger partial charge in [-0.1, -0.05) is 18.2 Å². The Labute approximate surface area is 154 Å². The lowest BCUT2D eigenvalue weighted by Gasteiger charge is -2.38. The highest BCUT2D eigenvalue weighted by Crippen LogP contribution is 2.33. The molecule has 26 heavy (non-hydrogen) atoms. The second-order valence-corrected chi connectivity index (χ2v) is 7.41. The molecular formula is C21H25N3O2. The molecule has 3 heterocycles. The minimum Gasteiger partial charge on any atom is -0.384 e. The third kappa shape index (κ3) is 3.07. The van der Waals surface area contributed by atoms with E-state index in [1.807, 2.05) is 36.1 Å². The number of fused-ring (bicyclic) bond motifs is 1. The lowest BCUT2D eigenvalue weighted by atomic mass is 9.87. The highest BCUT2D eigenvalue weighted by atomic mass is 16.3. The van der Waals surface area contributed by atoms with Crippen molar-refractivity contribution in [3.05, 3.63) is 58.9 Å². The molecule has 0 unspecified atom stereocenters. The fourth-order valence-electron chi connectivity index (χ4n) is 3.94. The van der Waals surface area contributed by atoms with Crippen molar-refractivity contribution in [1.29, 1.82) is 0 Å². The Balaban J connectivity index is 1.50. The van der Waals surface area contributed by atoms with E-state index in [2.05, 4.69) is 16.4 Å². The number of piperidine rings is 1. The molecule has 2 aliphatic heterocycles. The number of carbonyl (C=O) groups excluding carboxylic acids is 1. The van der Waals surface area contributed by atoms with Gasteiger partial charge in [0.05, 0.1) is 16.9 Å². The number of anilines is 1. The lowest BCUT2D eigenvalue weighted by molar-refractivity contribution is -0.0244. The number of amides is 1. The van der Waals surface area contributed by atoms with Gasteiger partial charge in [-0.2, -0.15) is 0 Å². The first kappa shape index (κ1) is 17.0. The van der Waals surface area contributed by atoms with Gasteiger partial charge in [0.15, 0.2) is 0 Å². The molecule has 1 saturated heterocycles. The number of pyridine rings is 1. The number of aromatic nitrogens is 1. The van der Waals surface area contributed by atoms with Crippen LogP contribution in [-0.2, 0) is 12.0 Å². The monoisotopic (exact) mass is 351 g/mol. The number of aliphatic hydroxyl groups is 1. The second-order valence-electron chi connectivity index (χ2n) is 7.41. The number of para-hydroxylation sites is 1. The Hall–Kier alpha value is -2.40. The average Bonchev–Trinajstić information content (AvgIpc) is 2.68. The first-order valence-electron chi connectivity index (χ1n) is 9.37. The van der Waals surface area contributed by atoms with Gasteiger partial charge in [0.2, 0.25) is 0 Å². The summed E-state index contributed by atoms with van der Waals surface area (Å²) in [6.45, 7) is 3.97. The number of carbonyl (C=O) groups is 1. The topological polar surface area (TPSA) is 65.5 Å². The maximum atomic E-state index is 13.1. The van der Waals surface area contributed by atoms with Crippen molar-refractivity contribution in [2.24, 2.45) is 0 Å². The van der Waals surface area contributed by atoms with Crippen molar-refractivity contribution in [1.82, 2.24) is 9.88 Å². The Kier molecular flexibility index (Phi) is 4.41. The van der Waals surface area contributed by atoms with Crippen molar-refractivity contribution in [3.63, 3.8) is 0 Å². The molecule has 5 nitrogen and oxygen atoms in total. The second kappa shape index (κ2) is 6.72. The summed E-state index contributed by atoms with van der Waals surface area (Å²) in [6.07, 6.45) is 4.93. The zero-order valence-corrected chi connectivity index (χ0v) is 15.2. The molecule has 136 valence electrons. The molecule has 2 N–H and O–H groups in total. The summed E-state index contributed by atoms with van der Waals surface area (Å²) in [4.78, 5) is 19.3. The van der Waals surface area contributed by atoms with E-state index in [-0.39, 0.29) is 5.91 Å². The molecule has 2 aromatic rings. The van der Waals surface area contributed by atoms with Crippen molar-refractivity contribution < 1.29 is 9.90 Å². The predicted molar refractivity (Wildman–Crippen MR) is 101 cm³/mol. The molecule has 0 aliphatic carbocycles. The molecule has 0 radical (unpaired) electrons. The van der Waals surface area contributed by atoms with E-state index in [1.54, 1.807) is 6.20 Å². The number of rotatable bonds is 2. The SMILES string of the molecule is Cc1ccc(C2(O)CCN(C(=O)c3cccc4c3NCCC4)CC2)nc1. The summed E-state index contributed by atoms with van der Waals surface area (Å²) in [6, 6.07) is 9.83. The fraction of sp³-hybridized carbons (Fsp3) is 0.429. The molecule has 0 bridgehead atoms. The van der Waals surface area contributed by atoms with Gasteiger partial charge < -0.3 is 15.3 Å². The number of nitrogens with one attached hydrogen (secondary N) is 1.